The van der Waals surface area contributed by atoms with Gasteiger partial charge in [-0.2, -0.15) is 0 Å². The molecule has 0 amide bonds. The smallest absolute Gasteiger partial charge is 0.0743 e. The molecule has 18 heavy (non-hydrogen) atoms. The Morgan fingerprint density at radius 1 is 1.33 bits per heavy atom. The Balaban J connectivity index is 2.06. The van der Waals surface area contributed by atoms with E-state index in [1.165, 1.54) is 32.1 Å². The summed E-state index contributed by atoms with van der Waals surface area (Å²) in [6, 6.07) is 0.542. The summed E-state index contributed by atoms with van der Waals surface area (Å²) >= 11 is 0. The molecule has 0 aromatic carbocycles. The lowest BCUT2D eigenvalue weighted by atomic mass is 9.55. The number of hydrogen-bond donors (Lipinski definition) is 1. The number of rotatable bonds is 4. The standard InChI is InChI=1S/C16H27NO/c1-5-15(3,4)17-13-12-14(18-6-2)16(13)10-8-7-9-11-16/h1,13-14,17H,6-12H2,2-4H3. The van der Waals surface area contributed by atoms with E-state index in [1.54, 1.807) is 0 Å². The third-order valence-electron chi connectivity index (χ3n) is 4.83. The van der Waals surface area contributed by atoms with E-state index in [4.69, 9.17) is 11.2 Å². The highest BCUT2D eigenvalue weighted by molar-refractivity contribution is 5.15. The van der Waals surface area contributed by atoms with Crippen LogP contribution in [-0.4, -0.2) is 24.3 Å². The third kappa shape index (κ3) is 2.44. The van der Waals surface area contributed by atoms with Crippen molar-refractivity contribution in [1.82, 2.24) is 5.32 Å². The van der Waals surface area contributed by atoms with Crippen LogP contribution < -0.4 is 5.32 Å². The molecule has 2 rings (SSSR count). The van der Waals surface area contributed by atoms with Crippen molar-refractivity contribution in [3.63, 3.8) is 0 Å². The molecule has 0 heterocycles. The maximum absolute atomic E-state index is 5.96. The van der Waals surface area contributed by atoms with Gasteiger partial charge in [-0.25, -0.2) is 0 Å². The van der Waals surface area contributed by atoms with Crippen molar-refractivity contribution in [1.29, 1.82) is 0 Å². The van der Waals surface area contributed by atoms with Crippen LogP contribution in [0, 0.1) is 17.8 Å². The van der Waals surface area contributed by atoms with Crippen LogP contribution in [0.5, 0.6) is 0 Å². The second kappa shape index (κ2) is 5.23. The molecule has 0 saturated heterocycles. The fraction of sp³-hybridized carbons (Fsp3) is 0.875. The second-order valence-corrected chi connectivity index (χ2v) is 6.44. The summed E-state index contributed by atoms with van der Waals surface area (Å²) in [7, 11) is 0. The van der Waals surface area contributed by atoms with Crippen molar-refractivity contribution in [2.75, 3.05) is 6.61 Å². The Morgan fingerprint density at radius 3 is 2.56 bits per heavy atom. The normalized spacial score (nSPS) is 30.8. The molecule has 2 heteroatoms. The number of nitrogens with one attached hydrogen (secondary N) is 1. The van der Waals surface area contributed by atoms with Crippen LogP contribution >= 0.6 is 0 Å². The molecular formula is C16H27NO. The lowest BCUT2D eigenvalue weighted by molar-refractivity contribution is -0.153. The van der Waals surface area contributed by atoms with Crippen LogP contribution in [0.2, 0.25) is 0 Å². The molecule has 0 aromatic heterocycles. The summed E-state index contributed by atoms with van der Waals surface area (Å²) in [6.45, 7) is 7.12. The molecule has 0 bridgehead atoms. The van der Waals surface area contributed by atoms with Crippen molar-refractivity contribution in [2.45, 2.75) is 77.0 Å². The van der Waals surface area contributed by atoms with Crippen LogP contribution in [0.25, 0.3) is 0 Å². The molecular weight excluding hydrogens is 222 g/mol. The molecule has 0 radical (unpaired) electrons. The average Bonchev–Trinajstić information content (AvgIpc) is 2.38. The molecule has 2 atom stereocenters. The third-order valence-corrected chi connectivity index (χ3v) is 4.83. The molecule has 2 aliphatic rings. The van der Waals surface area contributed by atoms with Crippen LogP contribution in [0.1, 0.15) is 59.3 Å². The molecule has 0 aliphatic heterocycles. The summed E-state index contributed by atoms with van der Waals surface area (Å²) in [5, 5.41) is 3.68. The van der Waals surface area contributed by atoms with Crippen molar-refractivity contribution < 1.29 is 4.74 Å². The van der Waals surface area contributed by atoms with Crippen molar-refractivity contribution in [2.24, 2.45) is 5.41 Å². The lowest BCUT2D eigenvalue weighted by Crippen LogP contribution is -2.67. The number of ether oxygens (including phenoxy) is 1. The van der Waals surface area contributed by atoms with Gasteiger partial charge in [0.15, 0.2) is 0 Å². The number of hydrogen-bond acceptors (Lipinski definition) is 2. The Bertz CT molecular complexity index is 322. The van der Waals surface area contributed by atoms with Gasteiger partial charge in [-0.3, -0.25) is 5.32 Å². The summed E-state index contributed by atoms with van der Waals surface area (Å²) in [4.78, 5) is 0. The average molecular weight is 249 g/mol. The molecule has 1 N–H and O–H groups in total. The van der Waals surface area contributed by atoms with Crippen molar-refractivity contribution in [3.05, 3.63) is 0 Å². The fourth-order valence-electron chi connectivity index (χ4n) is 3.74. The van der Waals surface area contributed by atoms with Gasteiger partial charge >= 0.3 is 0 Å². The molecule has 2 nitrogen and oxygen atoms in total. The lowest BCUT2D eigenvalue weighted by Gasteiger charge is -2.59. The fourth-order valence-corrected chi connectivity index (χ4v) is 3.74. The van der Waals surface area contributed by atoms with Gasteiger partial charge in [-0.05, 0) is 40.0 Å². The summed E-state index contributed by atoms with van der Waals surface area (Å²) in [5.41, 5.74) is 0.161. The van der Waals surface area contributed by atoms with Gasteiger partial charge < -0.3 is 4.74 Å². The van der Waals surface area contributed by atoms with Gasteiger partial charge in [0, 0.05) is 18.1 Å². The van der Waals surface area contributed by atoms with Crippen molar-refractivity contribution >= 4 is 0 Å². The highest BCUT2D eigenvalue weighted by atomic mass is 16.5. The first-order valence-electron chi connectivity index (χ1n) is 7.41. The highest BCUT2D eigenvalue weighted by Crippen LogP contribution is 2.53. The van der Waals surface area contributed by atoms with Gasteiger partial charge in [0.1, 0.15) is 0 Å². The second-order valence-electron chi connectivity index (χ2n) is 6.44. The molecule has 102 valence electrons. The molecule has 2 fully saturated rings. The SMILES string of the molecule is C#CC(C)(C)NC1CC(OCC)C12CCCCC2. The Labute approximate surface area is 112 Å². The van der Waals surface area contributed by atoms with Gasteiger partial charge in [0.25, 0.3) is 0 Å². The predicted molar refractivity (Wildman–Crippen MR) is 75.4 cm³/mol. The maximum atomic E-state index is 5.96. The molecule has 2 saturated carbocycles. The van der Waals surface area contributed by atoms with Crippen LogP contribution in [0.3, 0.4) is 0 Å². The van der Waals surface area contributed by atoms with Crippen molar-refractivity contribution in [3.8, 4) is 12.3 Å². The van der Waals surface area contributed by atoms with E-state index in [0.29, 0.717) is 17.6 Å². The van der Waals surface area contributed by atoms with E-state index >= 15 is 0 Å². The Morgan fingerprint density at radius 2 is 2.00 bits per heavy atom. The minimum absolute atomic E-state index is 0.202. The van der Waals surface area contributed by atoms with Gasteiger partial charge in [0.2, 0.25) is 0 Å². The zero-order valence-electron chi connectivity index (χ0n) is 12.1. The van der Waals surface area contributed by atoms with E-state index in [9.17, 15) is 0 Å². The van der Waals surface area contributed by atoms with E-state index in [1.807, 2.05) is 0 Å². The molecule has 0 aromatic rings. The maximum Gasteiger partial charge on any atom is 0.0743 e. The largest absolute Gasteiger partial charge is 0.378 e. The first-order chi connectivity index (χ1) is 8.54. The van der Waals surface area contributed by atoms with Gasteiger partial charge in [0.05, 0.1) is 11.6 Å². The van der Waals surface area contributed by atoms with Gasteiger partial charge in [-0.1, -0.05) is 25.2 Å². The highest BCUT2D eigenvalue weighted by Gasteiger charge is 2.56. The van der Waals surface area contributed by atoms with Crippen LogP contribution in [-0.2, 0) is 4.74 Å². The Kier molecular flexibility index (Phi) is 4.04. The van der Waals surface area contributed by atoms with E-state index < -0.39 is 0 Å². The topological polar surface area (TPSA) is 21.3 Å². The zero-order valence-corrected chi connectivity index (χ0v) is 12.1. The van der Waals surface area contributed by atoms with Crippen LogP contribution in [0.15, 0.2) is 0 Å². The van der Waals surface area contributed by atoms with E-state index in [2.05, 4.69) is 32.0 Å². The summed E-state index contributed by atoms with van der Waals surface area (Å²) in [5.74, 6) is 2.86. The monoisotopic (exact) mass is 249 g/mol. The van der Waals surface area contributed by atoms with Crippen LogP contribution in [0.4, 0.5) is 0 Å². The quantitative estimate of drug-likeness (QED) is 0.773. The first kappa shape index (κ1) is 13.9. The summed E-state index contributed by atoms with van der Waals surface area (Å²) in [6.07, 6.45) is 13.9. The molecule has 1 spiro atoms. The summed E-state index contributed by atoms with van der Waals surface area (Å²) < 4.78 is 5.96. The van der Waals surface area contributed by atoms with E-state index in [-0.39, 0.29) is 5.54 Å². The van der Waals surface area contributed by atoms with Gasteiger partial charge in [-0.15, -0.1) is 6.42 Å². The minimum Gasteiger partial charge on any atom is -0.378 e. The number of terminal acetylenes is 1. The molecule has 2 unspecified atom stereocenters. The zero-order chi connectivity index (χ0) is 13.2. The predicted octanol–water partition coefficient (Wildman–Crippen LogP) is 3.12. The Hall–Kier alpha value is -0.520. The van der Waals surface area contributed by atoms with E-state index in [0.717, 1.165) is 13.0 Å². The molecule has 2 aliphatic carbocycles. The minimum atomic E-state index is -0.202. The first-order valence-corrected chi connectivity index (χ1v) is 7.41.